The van der Waals surface area contributed by atoms with Gasteiger partial charge in [-0.05, 0) is 41.5 Å². The van der Waals surface area contributed by atoms with Crippen LogP contribution in [0.2, 0.25) is 0 Å². The molecule has 0 unspecified atom stereocenters. The minimum Gasteiger partial charge on any atom is -0.735 e. The maximum atomic E-state index is 11.0. The van der Waals surface area contributed by atoms with Crippen LogP contribution in [0.5, 0.6) is 0 Å². The fourth-order valence-electron chi connectivity index (χ4n) is 1.68. The first-order valence-electron chi connectivity index (χ1n) is 4.13. The van der Waals surface area contributed by atoms with E-state index in [1.165, 1.54) is 0 Å². The maximum absolute atomic E-state index is 11.0. The average molecular weight is 215 g/mol. The minimum absolute atomic E-state index is 0. The molecule has 0 saturated heterocycles. The topological polar surface area (TPSA) is 60.4 Å². The van der Waals surface area contributed by atoms with Crippen molar-refractivity contribution in [2.45, 2.75) is 52.6 Å². The number of nitrogens with zero attached hydrogens (tertiary/aromatic N) is 1. The predicted octanol–water partition coefficient (Wildman–Crippen LogP) is -1.65. The summed E-state index contributed by atoms with van der Waals surface area (Å²) in [5, 5.41) is 0. The van der Waals surface area contributed by atoms with Gasteiger partial charge in [0.25, 0.3) is 0 Å². The van der Waals surface area contributed by atoms with Crippen LogP contribution in [-0.4, -0.2) is 28.4 Å². The Kier molecular flexibility index (Phi) is 5.48. The van der Waals surface area contributed by atoms with Gasteiger partial charge in [0.05, 0.1) is 0 Å². The average Bonchev–Trinajstić information content (AvgIpc) is 1.44. The van der Waals surface area contributed by atoms with Crippen LogP contribution < -0.4 is 18.9 Å². The maximum Gasteiger partial charge on any atom is 1.00 e. The van der Waals surface area contributed by atoms with Gasteiger partial charge in [-0.15, -0.1) is 0 Å². The molecule has 0 radical (unpaired) electrons. The molecule has 0 aliphatic rings. The third-order valence-corrected chi connectivity index (χ3v) is 2.98. The molecule has 0 amide bonds. The summed E-state index contributed by atoms with van der Waals surface area (Å²) < 4.78 is 34.0. The fourth-order valence-corrected chi connectivity index (χ4v) is 3.02. The van der Waals surface area contributed by atoms with Crippen molar-refractivity contribution in [3.8, 4) is 0 Å². The largest absolute Gasteiger partial charge is 1.00 e. The molecule has 0 aliphatic carbocycles. The Balaban J connectivity index is 0. The molecule has 0 bridgehead atoms. The van der Waals surface area contributed by atoms with Crippen LogP contribution in [0.4, 0.5) is 0 Å². The summed E-state index contributed by atoms with van der Waals surface area (Å²) in [5.74, 6) is 0. The van der Waals surface area contributed by atoms with Gasteiger partial charge in [-0.2, -0.15) is 0 Å². The summed E-state index contributed by atoms with van der Waals surface area (Å²) in [6.07, 6.45) is 0. The van der Waals surface area contributed by atoms with Gasteiger partial charge in [-0.25, -0.2) is 12.7 Å². The van der Waals surface area contributed by atoms with Crippen molar-refractivity contribution in [1.82, 2.24) is 4.31 Å². The molecule has 80 valence electrons. The summed E-state index contributed by atoms with van der Waals surface area (Å²) in [6, 6.07) is 0. The molecule has 0 aliphatic heterocycles. The van der Waals surface area contributed by atoms with Crippen molar-refractivity contribution in [3.63, 3.8) is 0 Å². The second-order valence-electron chi connectivity index (χ2n) is 5.06. The zero-order valence-corrected chi connectivity index (χ0v) is 10.9. The number of hydrogen-bond donors (Lipinski definition) is 0. The van der Waals surface area contributed by atoms with Gasteiger partial charge in [0.1, 0.15) is 0 Å². The standard InChI is InChI=1S/C8H19NO3S.Li/c1-7(2,3)9(8(4,5)6)13(10,11)12;/h1-6H3,(H,10,11,12);/q;+1/p-1. The predicted molar refractivity (Wildman–Crippen MR) is 51.0 cm³/mol. The van der Waals surface area contributed by atoms with Crippen LogP contribution in [0.25, 0.3) is 0 Å². The molecule has 0 atom stereocenters. The first kappa shape index (κ1) is 16.9. The van der Waals surface area contributed by atoms with E-state index in [4.69, 9.17) is 0 Å². The number of hydrogen-bond acceptors (Lipinski definition) is 3. The van der Waals surface area contributed by atoms with E-state index in [0.29, 0.717) is 0 Å². The molecular weight excluding hydrogens is 197 g/mol. The number of rotatable bonds is 1. The van der Waals surface area contributed by atoms with Crippen LogP contribution in [0, 0.1) is 0 Å². The first-order valence-corrected chi connectivity index (χ1v) is 5.49. The van der Waals surface area contributed by atoms with Crippen molar-refractivity contribution in [2.75, 3.05) is 0 Å². The molecule has 0 N–H and O–H groups in total. The Morgan fingerprint density at radius 3 is 1.14 bits per heavy atom. The van der Waals surface area contributed by atoms with E-state index < -0.39 is 21.4 Å². The monoisotopic (exact) mass is 215 g/mol. The van der Waals surface area contributed by atoms with Gasteiger partial charge in [0.15, 0.2) is 10.3 Å². The smallest absolute Gasteiger partial charge is 0.735 e. The van der Waals surface area contributed by atoms with E-state index in [-0.39, 0.29) is 18.9 Å². The first-order chi connectivity index (χ1) is 5.37. The van der Waals surface area contributed by atoms with Crippen molar-refractivity contribution in [3.05, 3.63) is 0 Å². The van der Waals surface area contributed by atoms with Crippen molar-refractivity contribution >= 4 is 10.3 Å². The van der Waals surface area contributed by atoms with Crippen LogP contribution in [0.1, 0.15) is 41.5 Å². The zero-order valence-electron chi connectivity index (χ0n) is 10.1. The van der Waals surface area contributed by atoms with E-state index >= 15 is 0 Å². The van der Waals surface area contributed by atoms with Crippen LogP contribution in [0.3, 0.4) is 0 Å². The van der Waals surface area contributed by atoms with Gasteiger partial charge in [-0.3, -0.25) is 0 Å². The summed E-state index contributed by atoms with van der Waals surface area (Å²) >= 11 is 0. The molecule has 0 fully saturated rings. The summed E-state index contributed by atoms with van der Waals surface area (Å²) in [6.45, 7) is 10.2. The molecule has 0 spiro atoms. The molecule has 4 nitrogen and oxygen atoms in total. The van der Waals surface area contributed by atoms with Gasteiger partial charge in [0.2, 0.25) is 0 Å². The molecule has 14 heavy (non-hydrogen) atoms. The van der Waals surface area contributed by atoms with Crippen molar-refractivity contribution < 1.29 is 31.8 Å². The van der Waals surface area contributed by atoms with Gasteiger partial charge < -0.3 is 4.55 Å². The zero-order chi connectivity index (χ0) is 11.1. The van der Waals surface area contributed by atoms with E-state index in [2.05, 4.69) is 0 Å². The summed E-state index contributed by atoms with van der Waals surface area (Å²) in [4.78, 5) is 0. The van der Waals surface area contributed by atoms with E-state index in [1.807, 2.05) is 0 Å². The molecule has 0 rings (SSSR count). The molecule has 0 heterocycles. The Morgan fingerprint density at radius 1 is 0.929 bits per heavy atom. The van der Waals surface area contributed by atoms with Crippen LogP contribution in [-0.2, 0) is 10.3 Å². The normalized spacial score (nSPS) is 14.0. The van der Waals surface area contributed by atoms with Crippen molar-refractivity contribution in [2.24, 2.45) is 0 Å². The van der Waals surface area contributed by atoms with Crippen LogP contribution >= 0.6 is 0 Å². The SMILES string of the molecule is CC(C)(C)N(C(C)(C)C)S(=O)(=O)[O-].[Li+]. The van der Waals surface area contributed by atoms with E-state index in [1.54, 1.807) is 41.5 Å². The Labute approximate surface area is 99.1 Å². The molecule has 0 aromatic carbocycles. The quantitative estimate of drug-likeness (QED) is 0.389. The third-order valence-electron chi connectivity index (χ3n) is 1.44. The van der Waals surface area contributed by atoms with E-state index in [0.717, 1.165) is 4.31 Å². The third kappa shape index (κ3) is 4.81. The van der Waals surface area contributed by atoms with E-state index in [9.17, 15) is 13.0 Å². The Morgan fingerprint density at radius 2 is 1.14 bits per heavy atom. The van der Waals surface area contributed by atoms with Gasteiger partial charge in [-0.1, -0.05) is 0 Å². The Hall–Kier alpha value is 0.467. The van der Waals surface area contributed by atoms with Crippen LogP contribution in [0.15, 0.2) is 0 Å². The Bertz CT molecular complexity index is 260. The fraction of sp³-hybridized carbons (Fsp3) is 1.00. The molecule has 6 heteroatoms. The second-order valence-corrected chi connectivity index (χ2v) is 6.28. The summed E-state index contributed by atoms with van der Waals surface area (Å²) in [7, 11) is -4.40. The molecule has 0 saturated carbocycles. The summed E-state index contributed by atoms with van der Waals surface area (Å²) in [5.41, 5.74) is -1.36. The van der Waals surface area contributed by atoms with Gasteiger partial charge >= 0.3 is 18.9 Å². The van der Waals surface area contributed by atoms with Crippen molar-refractivity contribution in [1.29, 1.82) is 0 Å². The van der Waals surface area contributed by atoms with Gasteiger partial charge in [0, 0.05) is 11.1 Å². The minimum atomic E-state index is -4.40. The second kappa shape index (κ2) is 4.54. The molecular formula is C8H18LiNO3S. The molecule has 0 aromatic rings. The molecule has 0 aromatic heterocycles.